The summed E-state index contributed by atoms with van der Waals surface area (Å²) in [5.41, 5.74) is 0.607. The minimum atomic E-state index is -0.600. The van der Waals surface area contributed by atoms with E-state index in [4.69, 9.17) is 0 Å². The number of amides is 1. The fourth-order valence-corrected chi connectivity index (χ4v) is 2.24. The van der Waals surface area contributed by atoms with Crippen LogP contribution in [0.2, 0.25) is 0 Å². The van der Waals surface area contributed by atoms with E-state index in [9.17, 15) is 15.0 Å². The summed E-state index contributed by atoms with van der Waals surface area (Å²) >= 11 is 3.41. The monoisotopic (exact) mass is 369 g/mol. The summed E-state index contributed by atoms with van der Waals surface area (Å²) in [6.45, 7) is 5.55. The first-order chi connectivity index (χ1) is 10.2. The summed E-state index contributed by atoms with van der Waals surface area (Å²) < 4.78 is 0.904. The molecule has 3 N–H and O–H groups in total. The van der Waals surface area contributed by atoms with Crippen molar-refractivity contribution in [2.24, 2.45) is 5.41 Å². The number of carbonyl (C=O) groups is 1. The Labute approximate surface area is 140 Å². The van der Waals surface area contributed by atoms with E-state index in [1.54, 1.807) is 6.08 Å². The Morgan fingerprint density at radius 2 is 2.00 bits per heavy atom. The van der Waals surface area contributed by atoms with E-state index in [2.05, 4.69) is 21.2 Å². The Hall–Kier alpha value is -1.17. The largest absolute Gasteiger partial charge is 0.394 e. The van der Waals surface area contributed by atoms with Gasteiger partial charge in [-0.15, -0.1) is 0 Å². The lowest BCUT2D eigenvalue weighted by molar-refractivity contribution is -0.117. The van der Waals surface area contributed by atoms with E-state index in [0.29, 0.717) is 6.42 Å². The van der Waals surface area contributed by atoms with Crippen LogP contribution in [0.1, 0.15) is 32.8 Å². The lowest BCUT2D eigenvalue weighted by Crippen LogP contribution is -2.41. The Morgan fingerprint density at radius 1 is 1.36 bits per heavy atom. The fourth-order valence-electron chi connectivity index (χ4n) is 1.83. The van der Waals surface area contributed by atoms with Crippen molar-refractivity contribution in [3.8, 4) is 0 Å². The van der Waals surface area contributed by atoms with Gasteiger partial charge in [0.05, 0.1) is 18.8 Å². The summed E-state index contributed by atoms with van der Waals surface area (Å²) in [6, 6.07) is 7.11. The van der Waals surface area contributed by atoms with Crippen LogP contribution in [0, 0.1) is 5.41 Å². The summed E-state index contributed by atoms with van der Waals surface area (Å²) in [5.74, 6) is -0.295. The lowest BCUT2D eigenvalue weighted by Gasteiger charge is -2.29. The van der Waals surface area contributed by atoms with Crippen LogP contribution in [0.4, 0.5) is 0 Å². The molecule has 0 spiro atoms. The second-order valence-electron chi connectivity index (χ2n) is 6.36. The number of carbonyl (C=O) groups excluding carboxylic acids is 1. The zero-order valence-electron chi connectivity index (χ0n) is 13.2. The molecule has 0 aromatic heterocycles. The maximum Gasteiger partial charge on any atom is 0.244 e. The lowest BCUT2D eigenvalue weighted by atomic mass is 9.85. The second kappa shape index (κ2) is 8.46. The van der Waals surface area contributed by atoms with Gasteiger partial charge in [-0.2, -0.15) is 0 Å². The standard InChI is InChI=1S/C17H24BrNO3/c1-17(2,3)15(21)10-13(11-20)19-16(22)9-8-12-6-4-5-7-14(12)18/h4-9,13,15,20-21H,10-11H2,1-3H3,(H,19,22)/b9-8+. The van der Waals surface area contributed by atoms with Crippen LogP contribution in [0.5, 0.6) is 0 Å². The number of hydrogen-bond donors (Lipinski definition) is 3. The molecule has 0 aliphatic rings. The molecule has 0 radical (unpaired) electrons. The molecular formula is C17H24BrNO3. The van der Waals surface area contributed by atoms with Gasteiger partial charge in [0.2, 0.25) is 5.91 Å². The van der Waals surface area contributed by atoms with Crippen molar-refractivity contribution in [3.63, 3.8) is 0 Å². The third-order valence-electron chi connectivity index (χ3n) is 3.39. The van der Waals surface area contributed by atoms with Crippen molar-refractivity contribution in [2.75, 3.05) is 6.61 Å². The minimum Gasteiger partial charge on any atom is -0.394 e. The zero-order chi connectivity index (χ0) is 16.8. The summed E-state index contributed by atoms with van der Waals surface area (Å²) in [7, 11) is 0. The molecule has 0 bridgehead atoms. The molecule has 5 heteroatoms. The highest BCUT2D eigenvalue weighted by Crippen LogP contribution is 2.22. The third-order valence-corrected chi connectivity index (χ3v) is 4.12. The van der Waals surface area contributed by atoms with E-state index in [0.717, 1.165) is 10.0 Å². The molecular weight excluding hydrogens is 346 g/mol. The first-order valence-electron chi connectivity index (χ1n) is 7.26. The van der Waals surface area contributed by atoms with Gasteiger partial charge in [0, 0.05) is 10.5 Å². The first-order valence-corrected chi connectivity index (χ1v) is 8.05. The quantitative estimate of drug-likeness (QED) is 0.675. The molecule has 1 aromatic carbocycles. The number of halogens is 1. The predicted molar refractivity (Wildman–Crippen MR) is 92.3 cm³/mol. The minimum absolute atomic E-state index is 0.207. The number of rotatable bonds is 6. The molecule has 1 aromatic rings. The molecule has 1 amide bonds. The van der Waals surface area contributed by atoms with Crippen molar-refractivity contribution in [2.45, 2.75) is 39.3 Å². The second-order valence-corrected chi connectivity index (χ2v) is 7.21. The summed E-state index contributed by atoms with van der Waals surface area (Å²) in [4.78, 5) is 11.9. The van der Waals surface area contributed by atoms with Gasteiger partial charge in [0.1, 0.15) is 0 Å². The predicted octanol–water partition coefficient (Wildman–Crippen LogP) is 2.74. The van der Waals surface area contributed by atoms with E-state index in [1.807, 2.05) is 45.0 Å². The van der Waals surface area contributed by atoms with Crippen molar-refractivity contribution in [3.05, 3.63) is 40.4 Å². The molecule has 0 saturated carbocycles. The van der Waals surface area contributed by atoms with Crippen LogP contribution in [0.25, 0.3) is 6.08 Å². The summed E-state index contributed by atoms with van der Waals surface area (Å²) in [5, 5.41) is 22.1. The van der Waals surface area contributed by atoms with Crippen LogP contribution in [0.15, 0.2) is 34.8 Å². The van der Waals surface area contributed by atoms with E-state index < -0.39 is 12.1 Å². The molecule has 4 nitrogen and oxygen atoms in total. The molecule has 0 heterocycles. The smallest absolute Gasteiger partial charge is 0.244 e. The Balaban J connectivity index is 2.60. The van der Waals surface area contributed by atoms with Crippen LogP contribution in [-0.4, -0.2) is 34.9 Å². The van der Waals surface area contributed by atoms with Crippen molar-refractivity contribution in [1.29, 1.82) is 0 Å². The number of hydrogen-bond acceptors (Lipinski definition) is 3. The van der Waals surface area contributed by atoms with Gasteiger partial charge in [-0.3, -0.25) is 4.79 Å². The molecule has 22 heavy (non-hydrogen) atoms. The normalized spacial score (nSPS) is 14.8. The van der Waals surface area contributed by atoms with E-state index >= 15 is 0 Å². The number of aliphatic hydroxyl groups excluding tert-OH is 2. The SMILES string of the molecule is CC(C)(C)C(O)CC(CO)NC(=O)/C=C/c1ccccc1Br. The van der Waals surface area contributed by atoms with Crippen LogP contribution < -0.4 is 5.32 Å². The highest BCUT2D eigenvalue weighted by atomic mass is 79.9. The van der Waals surface area contributed by atoms with Crippen molar-refractivity contribution in [1.82, 2.24) is 5.32 Å². The van der Waals surface area contributed by atoms with E-state index in [-0.39, 0.29) is 17.9 Å². The van der Waals surface area contributed by atoms with Gasteiger partial charge in [0.15, 0.2) is 0 Å². The molecule has 0 aliphatic carbocycles. The molecule has 0 saturated heterocycles. The van der Waals surface area contributed by atoms with Gasteiger partial charge < -0.3 is 15.5 Å². The Morgan fingerprint density at radius 3 is 2.55 bits per heavy atom. The van der Waals surface area contributed by atoms with Gasteiger partial charge >= 0.3 is 0 Å². The number of nitrogens with one attached hydrogen (secondary N) is 1. The maximum absolute atomic E-state index is 11.9. The Bertz CT molecular complexity index is 523. The molecule has 2 unspecified atom stereocenters. The van der Waals surface area contributed by atoms with Crippen molar-refractivity contribution < 1.29 is 15.0 Å². The molecule has 2 atom stereocenters. The third kappa shape index (κ3) is 6.30. The fraction of sp³-hybridized carbons (Fsp3) is 0.471. The van der Waals surface area contributed by atoms with Crippen molar-refractivity contribution >= 4 is 27.9 Å². The van der Waals surface area contributed by atoms with Crippen LogP contribution in [-0.2, 0) is 4.79 Å². The highest BCUT2D eigenvalue weighted by Gasteiger charge is 2.25. The highest BCUT2D eigenvalue weighted by molar-refractivity contribution is 9.10. The zero-order valence-corrected chi connectivity index (χ0v) is 14.8. The van der Waals surface area contributed by atoms with Crippen LogP contribution >= 0.6 is 15.9 Å². The molecule has 0 fully saturated rings. The molecule has 1 rings (SSSR count). The van der Waals surface area contributed by atoms with Gasteiger partial charge in [0.25, 0.3) is 0 Å². The molecule has 0 aliphatic heterocycles. The first kappa shape index (κ1) is 18.9. The molecule has 122 valence electrons. The Kier molecular flexibility index (Phi) is 7.26. The number of benzene rings is 1. The van der Waals surface area contributed by atoms with Gasteiger partial charge in [-0.05, 0) is 29.5 Å². The topological polar surface area (TPSA) is 69.6 Å². The maximum atomic E-state index is 11.9. The number of aliphatic hydroxyl groups is 2. The van der Waals surface area contributed by atoms with Crippen LogP contribution in [0.3, 0.4) is 0 Å². The summed E-state index contributed by atoms with van der Waals surface area (Å²) in [6.07, 6.45) is 2.84. The van der Waals surface area contributed by atoms with E-state index in [1.165, 1.54) is 6.08 Å². The average molecular weight is 370 g/mol. The average Bonchev–Trinajstić information content (AvgIpc) is 2.44. The van der Waals surface area contributed by atoms with Gasteiger partial charge in [-0.1, -0.05) is 54.9 Å². The van der Waals surface area contributed by atoms with Gasteiger partial charge in [-0.25, -0.2) is 0 Å².